The minimum Gasteiger partial charge on any atom is -0.309 e. The van der Waals surface area contributed by atoms with E-state index in [2.05, 4.69) is 403 Å². The number of rotatable bonds is 11. The van der Waals surface area contributed by atoms with Crippen LogP contribution >= 0.6 is 22.7 Å². The third kappa shape index (κ3) is 9.56. The second kappa shape index (κ2) is 25.0. The first kappa shape index (κ1) is 60.9. The number of hydrogen-bond acceptors (Lipinski definition) is 2. The lowest BCUT2D eigenvalue weighted by atomic mass is 9.88. The van der Waals surface area contributed by atoms with Crippen LogP contribution in [0.25, 0.3) is 106 Å². The highest BCUT2D eigenvalue weighted by molar-refractivity contribution is 7.31. The van der Waals surface area contributed by atoms with E-state index in [0.29, 0.717) is 0 Å². The lowest BCUT2D eigenvalue weighted by Crippen LogP contribution is -2.74. The molecule has 2 nitrogen and oxygen atoms in total. The number of nitrogens with zero attached hydrogens (tertiary/aromatic N) is 2. The van der Waals surface area contributed by atoms with Crippen LogP contribution in [0.3, 0.4) is 0 Å². The number of para-hydroxylation sites is 3. The number of aromatic nitrogens is 2. The maximum atomic E-state index is 2.52. The molecule has 21 rings (SSSR count). The molecule has 0 fully saturated rings. The topological polar surface area (TPSA) is 9.86 Å². The molecule has 0 spiro atoms. The Balaban J connectivity index is 0.000000142. The first-order valence-electron chi connectivity index (χ1n) is 35.6. The zero-order valence-corrected chi connectivity index (χ0v) is 59.9. The highest BCUT2D eigenvalue weighted by Crippen LogP contribution is 2.49. The summed E-state index contributed by atoms with van der Waals surface area (Å²) >= 11 is 3.87. The summed E-state index contributed by atoms with van der Waals surface area (Å²) in [5.74, 6) is 0.196. The third-order valence-corrected chi connectivity index (χ3v) is 34.4. The van der Waals surface area contributed by atoms with Crippen LogP contribution in [-0.2, 0) is 0 Å². The van der Waals surface area contributed by atoms with Gasteiger partial charge in [-0.2, -0.15) is 0 Å². The minimum atomic E-state index is -2.90. The van der Waals surface area contributed by atoms with E-state index in [1.807, 2.05) is 22.7 Å². The van der Waals surface area contributed by atoms with E-state index < -0.39 is 16.1 Å². The van der Waals surface area contributed by atoms with Gasteiger partial charge < -0.3 is 9.13 Å². The molecule has 4 aromatic heterocycles. The molecule has 0 atom stereocenters. The van der Waals surface area contributed by atoms with Crippen molar-refractivity contribution in [2.24, 2.45) is 0 Å². The van der Waals surface area contributed by atoms with Crippen LogP contribution in [0.5, 0.6) is 0 Å². The highest BCUT2D eigenvalue weighted by atomic mass is 32.1. The Kier molecular flexibility index (Phi) is 14.8. The molecule has 1 aliphatic rings. The summed E-state index contributed by atoms with van der Waals surface area (Å²) in [4.78, 5) is 0. The Labute approximate surface area is 608 Å². The van der Waals surface area contributed by atoms with Crippen molar-refractivity contribution in [2.75, 3.05) is 0 Å². The summed E-state index contributed by atoms with van der Waals surface area (Å²) in [5, 5.41) is 21.6. The summed E-state index contributed by atoms with van der Waals surface area (Å²) in [7, 11) is -5.71. The molecule has 0 saturated carbocycles. The quantitative estimate of drug-likeness (QED) is 0.0902. The second-order valence-corrected chi connectivity index (χ2v) is 36.9. The Morgan fingerprint density at radius 2 is 0.544 bits per heavy atom. The van der Waals surface area contributed by atoms with Crippen molar-refractivity contribution in [3.63, 3.8) is 0 Å². The Morgan fingerprint density at radius 3 is 0.971 bits per heavy atom. The van der Waals surface area contributed by atoms with Crippen molar-refractivity contribution >= 4 is 164 Å². The molecule has 6 heteroatoms. The van der Waals surface area contributed by atoms with Crippen molar-refractivity contribution in [1.82, 2.24) is 9.13 Å². The summed E-state index contributed by atoms with van der Waals surface area (Å²) in [6, 6.07) is 148. The zero-order chi connectivity index (χ0) is 68.0. The van der Waals surface area contributed by atoms with Gasteiger partial charge in [-0.1, -0.05) is 328 Å². The van der Waals surface area contributed by atoms with E-state index in [1.165, 1.54) is 165 Å². The molecule has 0 bridgehead atoms. The van der Waals surface area contributed by atoms with Gasteiger partial charge in [0.05, 0.1) is 22.1 Å². The summed E-state index contributed by atoms with van der Waals surface area (Å²) in [6.45, 7) is 0. The van der Waals surface area contributed by atoms with Gasteiger partial charge in [-0.15, -0.1) is 22.7 Å². The molecule has 484 valence electrons. The molecular weight excluding hydrogens is 1310 g/mol. The van der Waals surface area contributed by atoms with Gasteiger partial charge in [-0.05, 0) is 136 Å². The number of benzene rings is 16. The largest absolute Gasteiger partial charge is 0.309 e. The molecule has 0 aliphatic heterocycles. The standard InChI is InChI=1S/C55H37NSSi.C42H29NSSi/c1-3-18-39(19-4-1)58(40-20-5-2-6-21-40,53-32-16-29-48-45-26-12-14-31-52(45)57-55(48)53)41-22-15-17-38(36-41)56-50-30-13-11-25-44(50)49-35-37(33-34-51(49)56)54-46-27-9-7-23-42(46)43-24-8-10-28-47(43)54;1-3-16-31(17-4-1)45(32-18-5-2-6-19-32,41-28-14-24-37-36-23-9-12-27-40(36)44-42(37)41)33-20-13-15-30(29-33)43-38-25-10-7-21-34(38)35-22-8-11-26-39(35)43/h1-36,54H;1-29H. The van der Waals surface area contributed by atoms with Crippen molar-refractivity contribution < 1.29 is 0 Å². The average Bonchev–Trinajstić information content (AvgIpc) is 1.70. The first-order valence-corrected chi connectivity index (χ1v) is 41.2. The van der Waals surface area contributed by atoms with Gasteiger partial charge in [0.2, 0.25) is 0 Å². The predicted molar refractivity (Wildman–Crippen MR) is 447 cm³/mol. The maximum Gasteiger partial charge on any atom is 0.181 e. The number of hydrogen-bond donors (Lipinski definition) is 0. The summed E-state index contributed by atoms with van der Waals surface area (Å²) < 4.78 is 10.4. The molecule has 0 amide bonds. The van der Waals surface area contributed by atoms with E-state index in [9.17, 15) is 0 Å². The molecule has 20 aromatic rings. The van der Waals surface area contributed by atoms with Gasteiger partial charge in [-0.25, -0.2) is 0 Å². The fourth-order valence-electron chi connectivity index (χ4n) is 17.7. The van der Waals surface area contributed by atoms with Crippen molar-refractivity contribution in [3.05, 3.63) is 411 Å². The van der Waals surface area contributed by atoms with E-state index in [0.717, 1.165) is 0 Å². The average molecular weight is 1380 g/mol. The maximum absolute atomic E-state index is 2.90. The smallest absolute Gasteiger partial charge is 0.181 e. The van der Waals surface area contributed by atoms with E-state index in [4.69, 9.17) is 0 Å². The third-order valence-electron chi connectivity index (χ3n) is 22.0. The van der Waals surface area contributed by atoms with Crippen LogP contribution in [0.15, 0.2) is 394 Å². The molecule has 0 unspecified atom stereocenters. The highest BCUT2D eigenvalue weighted by Gasteiger charge is 2.45. The lowest BCUT2D eigenvalue weighted by Gasteiger charge is -2.35. The van der Waals surface area contributed by atoms with Crippen LogP contribution in [-0.4, -0.2) is 25.3 Å². The molecule has 0 saturated heterocycles. The Hall–Kier alpha value is -12.0. The van der Waals surface area contributed by atoms with Crippen LogP contribution in [0.4, 0.5) is 0 Å². The zero-order valence-electron chi connectivity index (χ0n) is 56.3. The van der Waals surface area contributed by atoms with Crippen molar-refractivity contribution in [3.8, 4) is 22.5 Å². The second-order valence-electron chi connectivity index (χ2n) is 27.2. The molecule has 16 aromatic carbocycles. The van der Waals surface area contributed by atoms with E-state index in [1.54, 1.807) is 0 Å². The molecule has 103 heavy (non-hydrogen) atoms. The van der Waals surface area contributed by atoms with Gasteiger partial charge in [0.15, 0.2) is 16.1 Å². The minimum absolute atomic E-state index is 0.196. The fourth-order valence-corrected chi connectivity index (χ4v) is 30.9. The van der Waals surface area contributed by atoms with Gasteiger partial charge >= 0.3 is 0 Å². The fraction of sp³-hybridized carbons (Fsp3) is 0.0103. The molecule has 1 aliphatic carbocycles. The predicted octanol–water partition coefficient (Wildman–Crippen LogP) is 20.2. The van der Waals surface area contributed by atoms with Crippen molar-refractivity contribution in [2.45, 2.75) is 5.92 Å². The van der Waals surface area contributed by atoms with Gasteiger partial charge in [0, 0.05) is 79.2 Å². The van der Waals surface area contributed by atoms with Gasteiger partial charge in [0.1, 0.15) is 0 Å². The normalized spacial score (nSPS) is 12.4. The monoisotopic (exact) mass is 1380 g/mol. The Morgan fingerprint density at radius 1 is 0.223 bits per heavy atom. The van der Waals surface area contributed by atoms with Crippen LogP contribution in [0.1, 0.15) is 22.6 Å². The number of fused-ring (bicyclic) bond motifs is 15. The molecular formula is C97H66N2S2Si2. The number of thiophene rings is 2. The van der Waals surface area contributed by atoms with E-state index in [-0.39, 0.29) is 5.92 Å². The van der Waals surface area contributed by atoms with Crippen molar-refractivity contribution in [1.29, 1.82) is 0 Å². The van der Waals surface area contributed by atoms with E-state index >= 15 is 0 Å². The SMILES string of the molecule is c1ccc([Si](c2ccccc2)(c2cccc(-n3c4ccccc4c4cc(C5c6ccccc6-c6ccccc65)ccc43)c2)c2cccc3c2sc2ccccc23)cc1.c1ccc([Si](c2ccccc2)(c2cccc(-n3c4ccccc4c4ccccc43)c2)c2cccc3c2sc2ccccc23)cc1. The lowest BCUT2D eigenvalue weighted by molar-refractivity contribution is 1.02. The van der Waals surface area contributed by atoms with Gasteiger partial charge in [0.25, 0.3) is 0 Å². The summed E-state index contributed by atoms with van der Waals surface area (Å²) in [6.07, 6.45) is 0. The Bertz CT molecular complexity index is 6470. The summed E-state index contributed by atoms with van der Waals surface area (Å²) in [5.41, 5.74) is 14.1. The van der Waals surface area contributed by atoms with Crippen LogP contribution in [0.2, 0.25) is 0 Å². The molecule has 0 N–H and O–H groups in total. The molecule has 0 radical (unpaired) electrons. The van der Waals surface area contributed by atoms with Crippen LogP contribution in [0, 0.1) is 0 Å². The van der Waals surface area contributed by atoms with Gasteiger partial charge in [-0.3, -0.25) is 0 Å². The molecule has 4 heterocycles. The first-order chi connectivity index (χ1) is 51.1. The van der Waals surface area contributed by atoms with Crippen LogP contribution < -0.4 is 41.5 Å².